The van der Waals surface area contributed by atoms with Crippen LogP contribution in [0.5, 0.6) is 5.75 Å². The van der Waals surface area contributed by atoms with Gasteiger partial charge in [-0.15, -0.1) is 0 Å². The minimum absolute atomic E-state index is 0.0764. The van der Waals surface area contributed by atoms with E-state index in [1.807, 2.05) is 22.9 Å². The van der Waals surface area contributed by atoms with Crippen LogP contribution in [0.1, 0.15) is 11.3 Å². The van der Waals surface area contributed by atoms with Crippen molar-refractivity contribution in [1.82, 2.24) is 14.5 Å². The van der Waals surface area contributed by atoms with Gasteiger partial charge in [-0.2, -0.15) is 5.10 Å². The second-order valence-corrected chi connectivity index (χ2v) is 7.44. The molecule has 1 aromatic carbocycles. The van der Waals surface area contributed by atoms with Gasteiger partial charge in [0, 0.05) is 24.2 Å². The minimum atomic E-state index is -3.37. The van der Waals surface area contributed by atoms with Gasteiger partial charge in [0.25, 0.3) is 0 Å². The molecule has 0 bridgehead atoms. The number of rotatable bonds is 8. The molecular formula is C16H21N3O4S. The molecule has 0 unspecified atom stereocenters. The molecule has 2 aromatic rings. The van der Waals surface area contributed by atoms with Gasteiger partial charge in [-0.25, -0.2) is 13.1 Å². The zero-order valence-electron chi connectivity index (χ0n) is 13.3. The van der Waals surface area contributed by atoms with E-state index in [1.165, 1.54) is 0 Å². The molecule has 0 fully saturated rings. The average Bonchev–Trinajstić information content (AvgIpc) is 2.99. The molecule has 8 heteroatoms. The van der Waals surface area contributed by atoms with E-state index >= 15 is 0 Å². The van der Waals surface area contributed by atoms with Crippen LogP contribution in [0, 0.1) is 0 Å². The lowest BCUT2D eigenvalue weighted by Gasteiger charge is -2.15. The lowest BCUT2D eigenvalue weighted by atomic mass is 10.2. The molecule has 1 aromatic heterocycles. The first-order valence-corrected chi connectivity index (χ1v) is 9.56. The van der Waals surface area contributed by atoms with E-state index in [2.05, 4.69) is 9.82 Å². The van der Waals surface area contributed by atoms with Crippen LogP contribution in [0.25, 0.3) is 0 Å². The van der Waals surface area contributed by atoms with Gasteiger partial charge in [0.2, 0.25) is 10.0 Å². The number of para-hydroxylation sites is 1. The van der Waals surface area contributed by atoms with Gasteiger partial charge in [-0.3, -0.25) is 4.68 Å². The predicted octanol–water partition coefficient (Wildman–Crippen LogP) is 0.954. The largest absolute Gasteiger partial charge is 0.492 e. The first-order valence-electron chi connectivity index (χ1n) is 7.90. The Labute approximate surface area is 141 Å². The summed E-state index contributed by atoms with van der Waals surface area (Å²) >= 11 is 0. The molecule has 0 saturated carbocycles. The van der Waals surface area contributed by atoms with Crippen LogP contribution < -0.4 is 9.46 Å². The first-order chi connectivity index (χ1) is 11.6. The summed E-state index contributed by atoms with van der Waals surface area (Å²) < 4.78 is 39.2. The number of benzene rings is 1. The molecule has 7 nitrogen and oxygen atoms in total. The number of hydrogen-bond donors (Lipinski definition) is 1. The minimum Gasteiger partial charge on any atom is -0.492 e. The molecule has 1 N–H and O–H groups in total. The van der Waals surface area contributed by atoms with E-state index in [0.29, 0.717) is 32.1 Å². The second-order valence-electron chi connectivity index (χ2n) is 5.52. The third-order valence-electron chi connectivity index (χ3n) is 3.79. The molecule has 130 valence electrons. The molecule has 0 atom stereocenters. The SMILES string of the molecule is O=S(=O)(CCOc1ccccc1)NCCn1ncc2c1CCOC2. The number of aromatic nitrogens is 2. The van der Waals surface area contributed by atoms with E-state index in [1.54, 1.807) is 18.3 Å². The smallest absolute Gasteiger partial charge is 0.215 e. The van der Waals surface area contributed by atoms with Crippen molar-refractivity contribution in [3.05, 3.63) is 47.8 Å². The van der Waals surface area contributed by atoms with Gasteiger partial charge >= 0.3 is 0 Å². The Morgan fingerprint density at radius 2 is 2.12 bits per heavy atom. The summed E-state index contributed by atoms with van der Waals surface area (Å²) in [5, 5.41) is 4.30. The van der Waals surface area contributed by atoms with Crippen LogP contribution in [0.3, 0.4) is 0 Å². The van der Waals surface area contributed by atoms with Crippen molar-refractivity contribution in [2.75, 3.05) is 25.5 Å². The van der Waals surface area contributed by atoms with Gasteiger partial charge in [0.15, 0.2) is 0 Å². The highest BCUT2D eigenvalue weighted by Gasteiger charge is 2.16. The van der Waals surface area contributed by atoms with Crippen molar-refractivity contribution < 1.29 is 17.9 Å². The third kappa shape index (κ3) is 4.56. The zero-order chi connectivity index (χ0) is 16.8. The monoisotopic (exact) mass is 351 g/mol. The maximum atomic E-state index is 12.0. The fourth-order valence-electron chi connectivity index (χ4n) is 2.57. The van der Waals surface area contributed by atoms with E-state index in [9.17, 15) is 8.42 Å². The Hall–Kier alpha value is -1.90. The van der Waals surface area contributed by atoms with E-state index in [0.717, 1.165) is 17.7 Å². The lowest BCUT2D eigenvalue weighted by Crippen LogP contribution is -2.32. The zero-order valence-corrected chi connectivity index (χ0v) is 14.2. The molecular weight excluding hydrogens is 330 g/mol. The van der Waals surface area contributed by atoms with Crippen LogP contribution in [-0.4, -0.2) is 43.7 Å². The molecule has 0 saturated heterocycles. The first kappa shape index (κ1) is 16.9. The van der Waals surface area contributed by atoms with Gasteiger partial charge < -0.3 is 9.47 Å². The van der Waals surface area contributed by atoms with Crippen LogP contribution >= 0.6 is 0 Å². The van der Waals surface area contributed by atoms with Gasteiger partial charge in [0.1, 0.15) is 12.4 Å². The maximum Gasteiger partial charge on any atom is 0.215 e. The lowest BCUT2D eigenvalue weighted by molar-refractivity contribution is 0.109. The van der Waals surface area contributed by atoms with Crippen molar-refractivity contribution in [2.24, 2.45) is 0 Å². The summed E-state index contributed by atoms with van der Waals surface area (Å²) in [5.41, 5.74) is 2.22. The fraction of sp³-hybridized carbons (Fsp3) is 0.438. The fourth-order valence-corrected chi connectivity index (χ4v) is 3.42. The molecule has 0 amide bonds. The highest BCUT2D eigenvalue weighted by molar-refractivity contribution is 7.89. The molecule has 0 radical (unpaired) electrons. The Morgan fingerprint density at radius 1 is 1.29 bits per heavy atom. The second kappa shape index (κ2) is 7.78. The van der Waals surface area contributed by atoms with Crippen molar-refractivity contribution in [3.63, 3.8) is 0 Å². The summed E-state index contributed by atoms with van der Waals surface area (Å²) in [4.78, 5) is 0. The third-order valence-corrected chi connectivity index (χ3v) is 5.13. The van der Waals surface area contributed by atoms with Crippen LogP contribution in [0.15, 0.2) is 36.5 Å². The van der Waals surface area contributed by atoms with Crippen LogP contribution in [0.2, 0.25) is 0 Å². The summed E-state index contributed by atoms with van der Waals surface area (Å²) in [7, 11) is -3.37. The Morgan fingerprint density at radius 3 is 2.96 bits per heavy atom. The van der Waals surface area contributed by atoms with Gasteiger partial charge in [-0.05, 0) is 12.1 Å². The summed E-state index contributed by atoms with van der Waals surface area (Å²) in [6, 6.07) is 9.16. The summed E-state index contributed by atoms with van der Waals surface area (Å²) in [6.07, 6.45) is 2.60. The molecule has 2 heterocycles. The maximum absolute atomic E-state index is 12.0. The Bertz CT molecular complexity index is 759. The van der Waals surface area contributed by atoms with Gasteiger partial charge in [0.05, 0.1) is 31.7 Å². The number of sulfonamides is 1. The number of ether oxygens (including phenoxy) is 2. The quantitative estimate of drug-likeness (QED) is 0.766. The van der Waals surface area contributed by atoms with Crippen molar-refractivity contribution in [2.45, 2.75) is 19.6 Å². The topological polar surface area (TPSA) is 82.5 Å². The number of nitrogens with one attached hydrogen (secondary N) is 1. The normalized spacial score (nSPS) is 14.3. The summed E-state index contributed by atoms with van der Waals surface area (Å²) in [6.45, 7) is 2.20. The van der Waals surface area contributed by atoms with E-state index < -0.39 is 10.0 Å². The Kier molecular flexibility index (Phi) is 5.49. The number of nitrogens with zero attached hydrogens (tertiary/aromatic N) is 2. The van der Waals surface area contributed by atoms with Crippen LogP contribution in [-0.2, 0) is 34.3 Å². The molecule has 3 rings (SSSR count). The average molecular weight is 351 g/mol. The highest BCUT2D eigenvalue weighted by atomic mass is 32.2. The van der Waals surface area contributed by atoms with Crippen LogP contribution in [0.4, 0.5) is 0 Å². The summed E-state index contributed by atoms with van der Waals surface area (Å²) in [5.74, 6) is 0.588. The van der Waals surface area contributed by atoms with Gasteiger partial charge in [-0.1, -0.05) is 18.2 Å². The highest BCUT2D eigenvalue weighted by Crippen LogP contribution is 2.15. The number of fused-ring (bicyclic) bond motifs is 1. The van der Waals surface area contributed by atoms with Crippen molar-refractivity contribution in [3.8, 4) is 5.75 Å². The molecule has 24 heavy (non-hydrogen) atoms. The standard InChI is InChI=1S/C16H21N3O4S/c20-24(21,11-10-23-15-4-2-1-3-5-15)18-7-8-19-16-6-9-22-13-14(16)12-17-19/h1-5,12,18H,6-11,13H2. The predicted molar refractivity (Wildman–Crippen MR) is 89.3 cm³/mol. The molecule has 1 aliphatic heterocycles. The molecule has 0 spiro atoms. The van der Waals surface area contributed by atoms with Crippen molar-refractivity contribution >= 4 is 10.0 Å². The number of hydrogen-bond acceptors (Lipinski definition) is 5. The van der Waals surface area contributed by atoms with E-state index in [-0.39, 0.29) is 12.4 Å². The molecule has 1 aliphatic rings. The van der Waals surface area contributed by atoms with Crippen molar-refractivity contribution in [1.29, 1.82) is 0 Å². The Balaban J connectivity index is 1.43. The van der Waals surface area contributed by atoms with E-state index in [4.69, 9.17) is 9.47 Å². The molecule has 0 aliphatic carbocycles.